The molecule has 10 heteroatoms. The molecule has 0 fully saturated rings. The predicted molar refractivity (Wildman–Crippen MR) is 142 cm³/mol. The number of nitrogen functional groups attached to an aromatic ring is 1. The van der Waals surface area contributed by atoms with E-state index < -0.39 is 5.91 Å². The van der Waals surface area contributed by atoms with Crippen LogP contribution in [0.1, 0.15) is 36.9 Å². The molecule has 0 aliphatic rings. The number of nitrogens with two attached hydrogens (primary N) is 1. The topological polar surface area (TPSA) is 115 Å². The number of thiophene rings is 1. The molecular formula is C26H21BrN5O3S+. The van der Waals surface area contributed by atoms with Crippen molar-refractivity contribution < 1.29 is 18.8 Å². The average molecular weight is 563 g/mol. The van der Waals surface area contributed by atoms with Crippen molar-refractivity contribution in [3.8, 4) is 5.69 Å². The Balaban J connectivity index is 1.42. The summed E-state index contributed by atoms with van der Waals surface area (Å²) < 4.78 is 7.70. The quantitative estimate of drug-likeness (QED) is 0.217. The number of aromatic nitrogens is 3. The lowest BCUT2D eigenvalue weighted by molar-refractivity contribution is -0.670. The van der Waals surface area contributed by atoms with Crippen LogP contribution in [-0.4, -0.2) is 21.9 Å². The predicted octanol–water partition coefficient (Wildman–Crippen LogP) is 5.20. The van der Waals surface area contributed by atoms with Gasteiger partial charge >= 0.3 is 5.88 Å². The number of benzene rings is 2. The number of halogens is 1. The molecule has 5 aromatic rings. The van der Waals surface area contributed by atoms with Crippen LogP contribution in [-0.2, 0) is 6.42 Å². The monoisotopic (exact) mass is 562 g/mol. The van der Waals surface area contributed by atoms with Crippen molar-refractivity contribution in [2.75, 3.05) is 11.1 Å². The van der Waals surface area contributed by atoms with E-state index in [0.717, 1.165) is 27.0 Å². The van der Waals surface area contributed by atoms with Gasteiger partial charge in [-0.15, -0.1) is 11.3 Å². The number of fused-ring (bicyclic) bond motifs is 1. The van der Waals surface area contributed by atoms with Gasteiger partial charge in [0.25, 0.3) is 12.1 Å². The van der Waals surface area contributed by atoms with Gasteiger partial charge < -0.3 is 5.73 Å². The summed E-state index contributed by atoms with van der Waals surface area (Å²) in [4.78, 5) is 31.6. The number of rotatable bonds is 6. The van der Waals surface area contributed by atoms with Crippen molar-refractivity contribution in [1.29, 1.82) is 0 Å². The number of amides is 1. The van der Waals surface area contributed by atoms with Crippen LogP contribution in [0, 0.1) is 13.8 Å². The van der Waals surface area contributed by atoms with E-state index in [9.17, 15) is 9.59 Å². The number of nitrogens with one attached hydrogen (secondary N) is 1. The molecule has 0 saturated carbocycles. The zero-order valence-corrected chi connectivity index (χ0v) is 21.8. The maximum atomic E-state index is 13.1. The van der Waals surface area contributed by atoms with Crippen molar-refractivity contribution in [2.24, 2.45) is 0 Å². The SMILES string of the molecule is Cc1nc2sc(C(=O)Nc3c[n+](-c4ccccc4)no3)c(N)c2c(C)c1CC(=O)c1ccc(Br)cc1. The van der Waals surface area contributed by atoms with E-state index in [4.69, 9.17) is 10.3 Å². The Morgan fingerprint density at radius 2 is 1.83 bits per heavy atom. The molecular weight excluding hydrogens is 542 g/mol. The summed E-state index contributed by atoms with van der Waals surface area (Å²) in [7, 11) is 0. The molecule has 0 saturated heterocycles. The Hall–Kier alpha value is -3.89. The highest BCUT2D eigenvalue weighted by atomic mass is 79.9. The molecule has 36 heavy (non-hydrogen) atoms. The zero-order valence-electron chi connectivity index (χ0n) is 19.4. The Labute approximate surface area is 218 Å². The number of carbonyl (C=O) groups excluding carboxylic acids is 2. The molecule has 0 spiro atoms. The van der Waals surface area contributed by atoms with Crippen molar-refractivity contribution in [3.05, 3.63) is 92.5 Å². The Morgan fingerprint density at radius 1 is 1.11 bits per heavy atom. The van der Waals surface area contributed by atoms with Crippen molar-refractivity contribution in [2.45, 2.75) is 20.3 Å². The lowest BCUT2D eigenvalue weighted by atomic mass is 9.96. The van der Waals surface area contributed by atoms with Crippen LogP contribution in [0.25, 0.3) is 15.9 Å². The minimum absolute atomic E-state index is 0.0151. The van der Waals surface area contributed by atoms with Gasteiger partial charge in [-0.3, -0.25) is 19.4 Å². The number of nitrogens with zero attached hydrogens (tertiary/aromatic N) is 3. The number of anilines is 2. The van der Waals surface area contributed by atoms with Gasteiger partial charge in [-0.05, 0) is 41.8 Å². The molecule has 180 valence electrons. The summed E-state index contributed by atoms with van der Waals surface area (Å²) in [5.41, 5.74) is 10.6. The maximum Gasteiger partial charge on any atom is 0.303 e. The van der Waals surface area contributed by atoms with Crippen LogP contribution in [0.5, 0.6) is 0 Å². The third-order valence-corrected chi connectivity index (χ3v) is 7.52. The van der Waals surface area contributed by atoms with Gasteiger partial charge in [-0.25, -0.2) is 4.98 Å². The van der Waals surface area contributed by atoms with Gasteiger partial charge in [0.05, 0.1) is 5.69 Å². The summed E-state index contributed by atoms with van der Waals surface area (Å²) in [5.74, 6) is -0.252. The zero-order chi connectivity index (χ0) is 25.4. The summed E-state index contributed by atoms with van der Waals surface area (Å²) >= 11 is 4.59. The van der Waals surface area contributed by atoms with E-state index in [1.165, 1.54) is 16.0 Å². The van der Waals surface area contributed by atoms with E-state index in [2.05, 4.69) is 31.5 Å². The smallest absolute Gasteiger partial charge is 0.303 e. The van der Waals surface area contributed by atoms with Crippen molar-refractivity contribution >= 4 is 60.7 Å². The highest BCUT2D eigenvalue weighted by molar-refractivity contribution is 9.10. The number of aryl methyl sites for hydroxylation is 2. The van der Waals surface area contributed by atoms with E-state index in [1.807, 2.05) is 56.3 Å². The second-order valence-corrected chi connectivity index (χ2v) is 10.1. The number of carbonyl (C=O) groups is 2. The first-order valence-electron chi connectivity index (χ1n) is 11.0. The van der Waals surface area contributed by atoms with E-state index in [-0.39, 0.29) is 18.1 Å². The molecule has 0 aliphatic heterocycles. The molecule has 3 N–H and O–H groups in total. The molecule has 3 aromatic heterocycles. The number of hydrogen-bond donors (Lipinski definition) is 2. The van der Waals surface area contributed by atoms with Gasteiger partial charge in [0, 0.05) is 39.7 Å². The Bertz CT molecular complexity index is 1610. The standard InChI is InChI=1S/C26H20BrN5O3S/c1-14-19(12-20(33)16-8-10-17(27)11-9-16)15(2)29-26-22(14)23(28)24(36-26)25(34)30-21-13-32(31-35-21)18-6-4-3-5-7-18/h3-11,13H,12H2,1-2H3,(H2-,28,30,31,34)/p+1. The lowest BCUT2D eigenvalue weighted by Crippen LogP contribution is -2.31. The summed E-state index contributed by atoms with van der Waals surface area (Å²) in [6.45, 7) is 3.77. The molecule has 0 atom stereocenters. The minimum atomic E-state index is -0.420. The lowest BCUT2D eigenvalue weighted by Gasteiger charge is -2.11. The van der Waals surface area contributed by atoms with Gasteiger partial charge in [0.2, 0.25) is 11.0 Å². The van der Waals surface area contributed by atoms with Crippen molar-refractivity contribution in [3.63, 3.8) is 0 Å². The largest absolute Gasteiger partial charge is 0.397 e. The first-order chi connectivity index (χ1) is 17.3. The average Bonchev–Trinajstić information content (AvgIpc) is 3.47. The number of pyridine rings is 1. The van der Waals surface area contributed by atoms with Crippen LogP contribution in [0.2, 0.25) is 0 Å². The van der Waals surface area contributed by atoms with Gasteiger partial charge in [-0.1, -0.05) is 46.3 Å². The molecule has 5 rings (SSSR count). The fraction of sp³-hybridized carbons (Fsp3) is 0.115. The van der Waals surface area contributed by atoms with Gasteiger partial charge in [-0.2, -0.15) is 0 Å². The van der Waals surface area contributed by atoms with E-state index in [1.54, 1.807) is 18.3 Å². The second-order valence-electron chi connectivity index (χ2n) is 8.23. The maximum absolute atomic E-state index is 13.1. The highest BCUT2D eigenvalue weighted by Gasteiger charge is 2.24. The molecule has 1 amide bonds. The number of para-hydroxylation sites is 1. The molecule has 8 nitrogen and oxygen atoms in total. The summed E-state index contributed by atoms with van der Waals surface area (Å²) in [6.07, 6.45) is 1.77. The third-order valence-electron chi connectivity index (χ3n) is 5.89. The number of hydrogen-bond acceptors (Lipinski definition) is 7. The molecule has 0 unspecified atom stereocenters. The van der Waals surface area contributed by atoms with E-state index >= 15 is 0 Å². The molecule has 0 aliphatic carbocycles. The summed E-state index contributed by atoms with van der Waals surface area (Å²) in [5, 5.41) is 7.34. The van der Waals surface area contributed by atoms with Crippen molar-refractivity contribution in [1.82, 2.24) is 10.3 Å². The molecule has 0 bridgehead atoms. The normalized spacial score (nSPS) is 11.1. The van der Waals surface area contributed by atoms with E-state index in [0.29, 0.717) is 26.3 Å². The van der Waals surface area contributed by atoms with Crippen LogP contribution >= 0.6 is 27.3 Å². The second kappa shape index (κ2) is 9.63. The first-order valence-corrected chi connectivity index (χ1v) is 12.6. The fourth-order valence-corrected chi connectivity index (χ4v) is 5.38. The highest BCUT2D eigenvalue weighted by Crippen LogP contribution is 2.37. The Morgan fingerprint density at radius 3 is 2.56 bits per heavy atom. The van der Waals surface area contributed by atoms with Crippen LogP contribution < -0.4 is 15.7 Å². The minimum Gasteiger partial charge on any atom is -0.397 e. The number of Topliss-reactive ketones (excluding diaryl/α,β-unsaturated/α-hetero) is 1. The fourth-order valence-electron chi connectivity index (χ4n) is 4.01. The summed E-state index contributed by atoms with van der Waals surface area (Å²) in [6, 6.07) is 16.7. The molecule has 0 radical (unpaired) electrons. The Kier molecular flexibility index (Phi) is 6.38. The van der Waals surface area contributed by atoms with Crippen LogP contribution in [0.3, 0.4) is 0 Å². The number of ketones is 1. The van der Waals surface area contributed by atoms with Gasteiger partial charge in [0.1, 0.15) is 9.71 Å². The van der Waals surface area contributed by atoms with Crippen LogP contribution in [0.4, 0.5) is 11.6 Å². The van der Waals surface area contributed by atoms with Gasteiger partial charge in [0.15, 0.2) is 5.78 Å². The third kappa shape index (κ3) is 4.52. The molecule has 3 heterocycles. The molecule has 2 aromatic carbocycles. The first kappa shape index (κ1) is 23.8. The van der Waals surface area contributed by atoms with Crippen LogP contribution in [0.15, 0.2) is 69.8 Å².